The van der Waals surface area contributed by atoms with Gasteiger partial charge in [0.25, 0.3) is 0 Å². The predicted molar refractivity (Wildman–Crippen MR) is 98.0 cm³/mol. The van der Waals surface area contributed by atoms with Crippen LogP contribution in [0.25, 0.3) is 11.3 Å². The van der Waals surface area contributed by atoms with Crippen molar-refractivity contribution < 1.29 is 14.3 Å². The third-order valence-electron chi connectivity index (χ3n) is 3.92. The first-order valence-electron chi connectivity index (χ1n) is 8.01. The Bertz CT molecular complexity index is 755. The summed E-state index contributed by atoms with van der Waals surface area (Å²) in [6.07, 6.45) is 0. The van der Waals surface area contributed by atoms with E-state index in [2.05, 4.69) is 9.88 Å². The number of hydrogen-bond donors (Lipinski definition) is 0. The topological polar surface area (TPSA) is 62.7 Å². The molecule has 6 nitrogen and oxygen atoms in total. The zero-order valence-corrected chi connectivity index (χ0v) is 15.3. The number of hydrogen-bond acceptors (Lipinski definition) is 6. The molecule has 1 aliphatic heterocycles. The molecule has 0 bridgehead atoms. The van der Waals surface area contributed by atoms with E-state index in [0.717, 1.165) is 16.4 Å². The van der Waals surface area contributed by atoms with E-state index < -0.39 is 11.9 Å². The number of ether oxygens (including phenoxy) is 1. The maximum absolute atomic E-state index is 12.0. The first-order valence-corrected chi connectivity index (χ1v) is 9.26. The number of thiazole rings is 1. The predicted octanol–water partition coefficient (Wildman–Crippen LogP) is 2.68. The van der Waals surface area contributed by atoms with Gasteiger partial charge < -0.3 is 14.5 Å². The van der Waals surface area contributed by atoms with Gasteiger partial charge in [-0.3, -0.25) is 4.79 Å². The molecule has 1 saturated heterocycles. The van der Waals surface area contributed by atoms with Crippen LogP contribution in [0.1, 0.15) is 6.92 Å². The van der Waals surface area contributed by atoms with E-state index in [1.54, 1.807) is 18.3 Å². The van der Waals surface area contributed by atoms with Crippen LogP contribution in [0.2, 0.25) is 5.02 Å². The molecule has 0 atom stereocenters. The lowest BCUT2D eigenvalue weighted by molar-refractivity contribution is -0.160. The summed E-state index contributed by atoms with van der Waals surface area (Å²) in [7, 11) is 0. The van der Waals surface area contributed by atoms with Crippen molar-refractivity contribution in [2.75, 3.05) is 37.7 Å². The maximum Gasteiger partial charge on any atom is 0.397 e. The Hall–Kier alpha value is -2.12. The van der Waals surface area contributed by atoms with E-state index in [1.807, 2.05) is 29.6 Å². The Balaban J connectivity index is 1.61. The first kappa shape index (κ1) is 17.7. The molecule has 1 aliphatic rings. The Kier molecular flexibility index (Phi) is 5.55. The number of amides is 1. The summed E-state index contributed by atoms with van der Waals surface area (Å²) in [4.78, 5) is 31.8. The van der Waals surface area contributed by atoms with Crippen LogP contribution < -0.4 is 4.90 Å². The number of esters is 1. The third kappa shape index (κ3) is 4.11. The number of aromatic nitrogens is 1. The Morgan fingerprint density at radius 3 is 2.52 bits per heavy atom. The van der Waals surface area contributed by atoms with E-state index in [-0.39, 0.29) is 6.61 Å². The molecule has 0 aliphatic carbocycles. The van der Waals surface area contributed by atoms with Crippen molar-refractivity contribution in [2.24, 2.45) is 0 Å². The van der Waals surface area contributed by atoms with Crippen LogP contribution in [0.15, 0.2) is 29.6 Å². The fraction of sp³-hybridized carbons (Fsp3) is 0.353. The Labute approximate surface area is 155 Å². The quantitative estimate of drug-likeness (QED) is 0.606. The van der Waals surface area contributed by atoms with Gasteiger partial charge in [-0.05, 0) is 19.1 Å². The second-order valence-corrected chi connectivity index (χ2v) is 6.79. The number of carbonyl (C=O) groups excluding carboxylic acids is 2. The summed E-state index contributed by atoms with van der Waals surface area (Å²) in [5.74, 6) is -1.35. The molecular weight excluding hydrogens is 362 g/mol. The molecule has 1 aromatic heterocycles. The van der Waals surface area contributed by atoms with Crippen LogP contribution >= 0.6 is 22.9 Å². The summed E-state index contributed by atoms with van der Waals surface area (Å²) in [5.41, 5.74) is 1.92. The van der Waals surface area contributed by atoms with Crippen molar-refractivity contribution >= 4 is 39.9 Å². The number of rotatable bonds is 3. The highest BCUT2D eigenvalue weighted by Crippen LogP contribution is 2.28. The van der Waals surface area contributed by atoms with Gasteiger partial charge in [0, 0.05) is 42.1 Å². The van der Waals surface area contributed by atoms with E-state index in [1.165, 1.54) is 4.90 Å². The van der Waals surface area contributed by atoms with Gasteiger partial charge in [-0.1, -0.05) is 23.7 Å². The largest absolute Gasteiger partial charge is 0.459 e. The van der Waals surface area contributed by atoms with Crippen LogP contribution in [0, 0.1) is 0 Å². The highest BCUT2D eigenvalue weighted by atomic mass is 35.5. The van der Waals surface area contributed by atoms with Crippen molar-refractivity contribution in [3.63, 3.8) is 0 Å². The molecule has 2 aromatic rings. The Morgan fingerprint density at radius 1 is 1.20 bits per heavy atom. The average molecular weight is 380 g/mol. The molecule has 8 heteroatoms. The number of halogens is 1. The number of nitrogens with zero attached hydrogens (tertiary/aromatic N) is 3. The molecule has 0 N–H and O–H groups in total. The summed E-state index contributed by atoms with van der Waals surface area (Å²) in [6, 6.07) is 7.57. The number of piperazine rings is 1. The fourth-order valence-corrected chi connectivity index (χ4v) is 3.60. The van der Waals surface area contributed by atoms with Gasteiger partial charge in [-0.15, -0.1) is 11.3 Å². The van der Waals surface area contributed by atoms with Gasteiger partial charge in [0.2, 0.25) is 0 Å². The normalized spacial score (nSPS) is 14.5. The third-order valence-corrected chi connectivity index (χ3v) is 5.07. The second-order valence-electron chi connectivity index (χ2n) is 5.52. The van der Waals surface area contributed by atoms with Crippen molar-refractivity contribution in [3.05, 3.63) is 34.7 Å². The summed E-state index contributed by atoms with van der Waals surface area (Å²) >= 11 is 7.48. The van der Waals surface area contributed by atoms with E-state index in [0.29, 0.717) is 31.2 Å². The smallest absolute Gasteiger partial charge is 0.397 e. The van der Waals surface area contributed by atoms with Gasteiger partial charge in [0.05, 0.1) is 12.3 Å². The molecule has 132 valence electrons. The van der Waals surface area contributed by atoms with Gasteiger partial charge in [0.1, 0.15) is 0 Å². The first-order chi connectivity index (χ1) is 12.1. The SMILES string of the molecule is CCOC(=O)C(=O)N1CCN(c2nc(-c3ccc(Cl)cc3)cs2)CC1. The van der Waals surface area contributed by atoms with Crippen LogP contribution in [0.4, 0.5) is 5.13 Å². The molecule has 3 rings (SSSR count). The monoisotopic (exact) mass is 379 g/mol. The number of carbonyl (C=O) groups is 2. The van der Waals surface area contributed by atoms with Crippen LogP contribution in [0.5, 0.6) is 0 Å². The van der Waals surface area contributed by atoms with Gasteiger partial charge in [0.15, 0.2) is 5.13 Å². The molecule has 1 aromatic carbocycles. The highest BCUT2D eigenvalue weighted by Gasteiger charge is 2.27. The molecule has 2 heterocycles. The molecule has 1 fully saturated rings. The number of benzene rings is 1. The van der Waals surface area contributed by atoms with E-state index in [9.17, 15) is 9.59 Å². The van der Waals surface area contributed by atoms with Crippen molar-refractivity contribution in [2.45, 2.75) is 6.92 Å². The summed E-state index contributed by atoms with van der Waals surface area (Å²) in [6.45, 7) is 4.12. The molecule has 0 spiro atoms. The van der Waals surface area contributed by atoms with E-state index in [4.69, 9.17) is 16.3 Å². The standard InChI is InChI=1S/C17H18ClN3O3S/c1-2-24-16(23)15(22)20-7-9-21(10-8-20)17-19-14(11-25-17)12-3-5-13(18)6-4-12/h3-6,11H,2,7-10H2,1H3. The van der Waals surface area contributed by atoms with Crippen LogP contribution in [0.3, 0.4) is 0 Å². The zero-order valence-electron chi connectivity index (χ0n) is 13.8. The number of anilines is 1. The molecule has 25 heavy (non-hydrogen) atoms. The van der Waals surface area contributed by atoms with Gasteiger partial charge >= 0.3 is 11.9 Å². The average Bonchev–Trinajstić information content (AvgIpc) is 3.12. The minimum Gasteiger partial charge on any atom is -0.459 e. The molecule has 0 unspecified atom stereocenters. The van der Waals surface area contributed by atoms with Crippen molar-refractivity contribution in [1.29, 1.82) is 0 Å². The summed E-state index contributed by atoms with van der Waals surface area (Å²) in [5, 5.41) is 3.61. The minimum absolute atomic E-state index is 0.205. The minimum atomic E-state index is -0.782. The molecule has 0 saturated carbocycles. The maximum atomic E-state index is 12.0. The molecule has 1 amide bonds. The summed E-state index contributed by atoms with van der Waals surface area (Å²) < 4.78 is 4.77. The van der Waals surface area contributed by atoms with Crippen molar-refractivity contribution in [3.8, 4) is 11.3 Å². The van der Waals surface area contributed by atoms with Crippen LogP contribution in [-0.2, 0) is 14.3 Å². The van der Waals surface area contributed by atoms with E-state index >= 15 is 0 Å². The van der Waals surface area contributed by atoms with Gasteiger partial charge in [-0.25, -0.2) is 9.78 Å². The lowest BCUT2D eigenvalue weighted by Crippen LogP contribution is -2.51. The zero-order chi connectivity index (χ0) is 17.8. The van der Waals surface area contributed by atoms with Crippen molar-refractivity contribution in [1.82, 2.24) is 9.88 Å². The lowest BCUT2D eigenvalue weighted by Gasteiger charge is -2.33. The lowest BCUT2D eigenvalue weighted by atomic mass is 10.2. The molecular formula is C17H18ClN3O3S. The highest BCUT2D eigenvalue weighted by molar-refractivity contribution is 7.14. The second kappa shape index (κ2) is 7.84. The Morgan fingerprint density at radius 2 is 1.88 bits per heavy atom. The van der Waals surface area contributed by atoms with Gasteiger partial charge in [-0.2, -0.15) is 0 Å². The van der Waals surface area contributed by atoms with Crippen LogP contribution in [-0.4, -0.2) is 54.5 Å². The molecule has 0 radical (unpaired) electrons. The fourth-order valence-electron chi connectivity index (χ4n) is 2.59.